The van der Waals surface area contributed by atoms with Gasteiger partial charge in [-0.2, -0.15) is 4.36 Å². The van der Waals surface area contributed by atoms with Gasteiger partial charge in [-0.25, -0.2) is 4.21 Å². The second kappa shape index (κ2) is 8.50. The molecule has 28 heavy (non-hydrogen) atoms. The first-order chi connectivity index (χ1) is 13.4. The van der Waals surface area contributed by atoms with E-state index in [4.69, 9.17) is 21.1 Å². The van der Waals surface area contributed by atoms with E-state index in [9.17, 15) is 13.8 Å². The molecule has 0 radical (unpaired) electrons. The van der Waals surface area contributed by atoms with Crippen molar-refractivity contribution >= 4 is 32.8 Å². The molecule has 10 heteroatoms. The summed E-state index contributed by atoms with van der Waals surface area (Å²) >= 11 is 6.50. The molecule has 152 valence electrons. The first-order valence-electron chi connectivity index (χ1n) is 8.82. The van der Waals surface area contributed by atoms with Gasteiger partial charge in [-0.15, -0.1) is 0 Å². The van der Waals surface area contributed by atoms with Gasteiger partial charge in [0.25, 0.3) is 5.56 Å². The number of hydrogen-bond donors (Lipinski definition) is 1. The SMILES string of the molecule is COCOc1ccc(C(=O)c2c[nH]n(C)c2=O)c(Cl)c1N=S1(=O)CCCCC1. The van der Waals surface area contributed by atoms with Gasteiger partial charge in [0.1, 0.15) is 11.3 Å². The molecule has 0 unspecified atom stereocenters. The molecular weight excluding hydrogens is 406 g/mol. The average molecular weight is 428 g/mol. The Hall–Kier alpha value is -2.10. The lowest BCUT2D eigenvalue weighted by Crippen LogP contribution is -2.19. The molecule has 1 aromatic carbocycles. The summed E-state index contributed by atoms with van der Waals surface area (Å²) in [5.41, 5.74) is -0.246. The van der Waals surface area contributed by atoms with E-state index in [-0.39, 0.29) is 34.4 Å². The predicted molar refractivity (Wildman–Crippen MR) is 107 cm³/mol. The number of ketones is 1. The van der Waals surface area contributed by atoms with Crippen LogP contribution in [0.25, 0.3) is 0 Å². The van der Waals surface area contributed by atoms with Gasteiger partial charge < -0.3 is 14.6 Å². The number of benzene rings is 1. The Labute approximate surface area is 168 Å². The van der Waals surface area contributed by atoms with Crippen LogP contribution in [0.1, 0.15) is 35.2 Å². The number of nitrogens with one attached hydrogen (secondary N) is 1. The fourth-order valence-electron chi connectivity index (χ4n) is 3.01. The molecule has 8 nitrogen and oxygen atoms in total. The van der Waals surface area contributed by atoms with Gasteiger partial charge in [-0.3, -0.25) is 14.3 Å². The van der Waals surface area contributed by atoms with E-state index in [0.717, 1.165) is 19.3 Å². The Kier molecular flexibility index (Phi) is 6.26. The van der Waals surface area contributed by atoms with Crippen LogP contribution in [0.4, 0.5) is 5.69 Å². The maximum atomic E-state index is 13.1. The van der Waals surface area contributed by atoms with Gasteiger partial charge in [0.15, 0.2) is 12.5 Å². The lowest BCUT2D eigenvalue weighted by atomic mass is 10.1. The molecule has 0 spiro atoms. The highest BCUT2D eigenvalue weighted by molar-refractivity contribution is 7.93. The first-order valence-corrected chi connectivity index (χ1v) is 11.1. The van der Waals surface area contributed by atoms with Crippen LogP contribution in [0.3, 0.4) is 0 Å². The minimum atomic E-state index is -2.49. The molecule has 0 atom stereocenters. The van der Waals surface area contributed by atoms with Crippen molar-refractivity contribution < 1.29 is 18.5 Å². The van der Waals surface area contributed by atoms with Crippen molar-refractivity contribution in [3.05, 3.63) is 44.8 Å². The number of methoxy groups -OCH3 is 1. The van der Waals surface area contributed by atoms with Gasteiger partial charge in [0.05, 0.1) is 14.8 Å². The summed E-state index contributed by atoms with van der Waals surface area (Å²) < 4.78 is 29.2. The summed E-state index contributed by atoms with van der Waals surface area (Å²) in [5, 5.41) is 2.67. The predicted octanol–water partition coefficient (Wildman–Crippen LogP) is 2.86. The molecule has 0 saturated carbocycles. The molecule has 0 bridgehead atoms. The van der Waals surface area contributed by atoms with Gasteiger partial charge in [-0.1, -0.05) is 18.0 Å². The quantitative estimate of drug-likeness (QED) is 0.564. The lowest BCUT2D eigenvalue weighted by molar-refractivity contribution is 0.0515. The largest absolute Gasteiger partial charge is 0.465 e. The second-order valence-corrected chi connectivity index (χ2v) is 9.46. The van der Waals surface area contributed by atoms with Crippen molar-refractivity contribution in [2.75, 3.05) is 25.4 Å². The van der Waals surface area contributed by atoms with Crippen molar-refractivity contribution in [2.24, 2.45) is 11.4 Å². The van der Waals surface area contributed by atoms with Crippen LogP contribution >= 0.6 is 11.6 Å². The maximum Gasteiger partial charge on any atom is 0.277 e. The molecule has 0 aliphatic carbocycles. The Morgan fingerprint density at radius 1 is 1.29 bits per heavy atom. The number of halogens is 1. The molecule has 2 aromatic rings. The maximum absolute atomic E-state index is 13.1. The van der Waals surface area contributed by atoms with E-state index in [1.165, 1.54) is 37.2 Å². The molecule has 2 heterocycles. The third-order valence-electron chi connectivity index (χ3n) is 4.52. The summed E-state index contributed by atoms with van der Waals surface area (Å²) in [6.45, 7) is -0.0499. The molecule has 1 saturated heterocycles. The van der Waals surface area contributed by atoms with Crippen molar-refractivity contribution in [3.63, 3.8) is 0 Å². The van der Waals surface area contributed by atoms with Gasteiger partial charge in [0, 0.05) is 37.4 Å². The topological polar surface area (TPSA) is 103 Å². The smallest absolute Gasteiger partial charge is 0.277 e. The van der Waals surface area contributed by atoms with E-state index in [1.54, 1.807) is 0 Å². The van der Waals surface area contributed by atoms with E-state index in [1.807, 2.05) is 0 Å². The highest BCUT2D eigenvalue weighted by Gasteiger charge is 2.24. The minimum absolute atomic E-state index is 0.00940. The Bertz CT molecular complexity index is 1050. The number of carbonyl (C=O) groups excluding carboxylic acids is 1. The second-order valence-electron chi connectivity index (χ2n) is 6.54. The number of aromatic amines is 1. The van der Waals surface area contributed by atoms with Crippen LogP contribution in [0.5, 0.6) is 5.75 Å². The zero-order valence-electron chi connectivity index (χ0n) is 15.7. The van der Waals surface area contributed by atoms with Crippen LogP contribution in [-0.2, 0) is 21.5 Å². The monoisotopic (exact) mass is 427 g/mol. The third kappa shape index (κ3) is 4.16. The summed E-state index contributed by atoms with van der Waals surface area (Å²) in [6.07, 6.45) is 4.00. The molecule has 0 amide bonds. The minimum Gasteiger partial charge on any atom is -0.465 e. The third-order valence-corrected chi connectivity index (χ3v) is 7.27. The Morgan fingerprint density at radius 3 is 2.61 bits per heavy atom. The van der Waals surface area contributed by atoms with Crippen LogP contribution in [-0.4, -0.2) is 45.2 Å². The summed E-state index contributed by atoms with van der Waals surface area (Å²) in [4.78, 5) is 25.0. The van der Waals surface area contributed by atoms with Crippen molar-refractivity contribution in [1.29, 1.82) is 0 Å². The van der Waals surface area contributed by atoms with Crippen molar-refractivity contribution in [3.8, 4) is 5.75 Å². The average Bonchev–Trinajstić information content (AvgIpc) is 3.01. The Balaban J connectivity index is 2.12. The van der Waals surface area contributed by atoms with E-state index in [0.29, 0.717) is 11.5 Å². The highest BCUT2D eigenvalue weighted by atomic mass is 35.5. The van der Waals surface area contributed by atoms with Crippen molar-refractivity contribution in [2.45, 2.75) is 19.3 Å². The van der Waals surface area contributed by atoms with Crippen LogP contribution in [0, 0.1) is 0 Å². The molecule has 1 aliphatic heterocycles. The normalized spacial score (nSPS) is 16.0. The zero-order chi connectivity index (χ0) is 20.3. The van der Waals surface area contributed by atoms with Crippen molar-refractivity contribution in [1.82, 2.24) is 9.78 Å². The number of nitrogens with zero attached hydrogens (tertiary/aromatic N) is 2. The molecule has 3 rings (SSSR count). The number of H-pyrrole nitrogens is 1. The number of aromatic nitrogens is 2. The number of hydrogen-bond acceptors (Lipinski definition) is 6. The van der Waals surface area contributed by atoms with Crippen LogP contribution in [0.2, 0.25) is 5.02 Å². The van der Waals surface area contributed by atoms with E-state index >= 15 is 0 Å². The first kappa shape index (κ1) is 20.6. The molecular formula is C18H22ClN3O5S. The van der Waals surface area contributed by atoms with Gasteiger partial charge in [0.2, 0.25) is 5.78 Å². The van der Waals surface area contributed by atoms with Gasteiger partial charge >= 0.3 is 0 Å². The summed E-state index contributed by atoms with van der Waals surface area (Å²) in [5.74, 6) is 0.687. The van der Waals surface area contributed by atoms with Crippen LogP contribution < -0.4 is 10.3 Å². The summed E-state index contributed by atoms with van der Waals surface area (Å²) in [7, 11) is 0.494. The van der Waals surface area contributed by atoms with Gasteiger partial charge in [-0.05, 0) is 25.0 Å². The Morgan fingerprint density at radius 2 is 2.00 bits per heavy atom. The van der Waals surface area contributed by atoms with E-state index in [2.05, 4.69) is 9.46 Å². The number of carbonyl (C=O) groups is 1. The molecule has 1 aliphatic rings. The van der Waals surface area contributed by atoms with Crippen LogP contribution in [0.15, 0.2) is 27.5 Å². The number of aryl methyl sites for hydroxylation is 1. The fourth-order valence-corrected chi connectivity index (χ4v) is 5.55. The summed E-state index contributed by atoms with van der Waals surface area (Å²) in [6, 6.07) is 2.99. The number of rotatable bonds is 6. The molecule has 1 aromatic heterocycles. The molecule has 1 N–H and O–H groups in total. The molecule has 1 fully saturated rings. The fraction of sp³-hybridized carbons (Fsp3) is 0.444. The number of ether oxygens (including phenoxy) is 2. The zero-order valence-corrected chi connectivity index (χ0v) is 17.3. The lowest BCUT2D eigenvalue weighted by Gasteiger charge is -2.17. The highest BCUT2D eigenvalue weighted by Crippen LogP contribution is 2.40. The standard InChI is InChI=1S/C18H22ClN3O5S/c1-22-18(24)13(10-20-22)17(23)12-6-7-14(27-11-26-2)16(15(12)19)21-28(25)8-4-3-5-9-28/h6-7,10,20H,3-5,8-9,11H2,1-2H3. The van der Waals surface area contributed by atoms with E-state index < -0.39 is 21.1 Å².